The van der Waals surface area contributed by atoms with Crippen LogP contribution in [-0.4, -0.2) is 39.4 Å². The number of nitrogens with zero attached hydrogens (tertiary/aromatic N) is 2. The fourth-order valence-corrected chi connectivity index (χ4v) is 3.88. The van der Waals surface area contributed by atoms with Crippen LogP contribution in [0.3, 0.4) is 0 Å². The largest absolute Gasteiger partial charge is 0.390 e. The highest BCUT2D eigenvalue weighted by Gasteiger charge is 2.24. The van der Waals surface area contributed by atoms with Crippen LogP contribution in [0.2, 0.25) is 0 Å². The minimum atomic E-state index is -0.681. The third kappa shape index (κ3) is 5.84. The Morgan fingerprint density at radius 1 is 1.06 bits per heavy atom. The van der Waals surface area contributed by atoms with Crippen molar-refractivity contribution >= 4 is 5.78 Å². The summed E-state index contributed by atoms with van der Waals surface area (Å²) in [4.78, 5) is 26.5. The molecular weight excluding hydrogens is 402 g/mol. The lowest BCUT2D eigenvalue weighted by Crippen LogP contribution is -2.34. The van der Waals surface area contributed by atoms with E-state index in [2.05, 4.69) is 12.2 Å². The van der Waals surface area contributed by atoms with Crippen molar-refractivity contribution in [3.05, 3.63) is 87.8 Å². The lowest BCUT2D eigenvalue weighted by atomic mass is 10.0. The average molecular weight is 436 g/mol. The maximum absolute atomic E-state index is 13.4. The van der Waals surface area contributed by atoms with Crippen LogP contribution in [0.25, 0.3) is 5.69 Å². The SMILES string of the molecule is CCCCNC[C@@H](O)Cn1c(C)c(C(=O)CCc2ccccc2)c(=O)n1-c1ccccc1. The number of para-hydroxylation sites is 1. The van der Waals surface area contributed by atoms with Gasteiger partial charge in [-0.15, -0.1) is 0 Å². The zero-order chi connectivity index (χ0) is 22.9. The molecule has 2 aromatic carbocycles. The van der Waals surface area contributed by atoms with Crippen molar-refractivity contribution in [3.63, 3.8) is 0 Å². The number of carbonyl (C=O) groups excluding carboxylic acids is 1. The number of unbranched alkanes of at least 4 members (excludes halogenated alkanes) is 1. The highest BCUT2D eigenvalue weighted by atomic mass is 16.3. The quantitative estimate of drug-likeness (QED) is 0.337. The monoisotopic (exact) mass is 435 g/mol. The molecule has 32 heavy (non-hydrogen) atoms. The molecule has 170 valence electrons. The minimum absolute atomic E-state index is 0.171. The van der Waals surface area contributed by atoms with Crippen molar-refractivity contribution in [2.75, 3.05) is 13.1 Å². The molecule has 0 saturated carbocycles. The number of aromatic nitrogens is 2. The van der Waals surface area contributed by atoms with E-state index in [1.165, 1.54) is 4.68 Å². The Balaban J connectivity index is 1.88. The maximum Gasteiger partial charge on any atom is 0.282 e. The average Bonchev–Trinajstić information content (AvgIpc) is 3.05. The summed E-state index contributed by atoms with van der Waals surface area (Å²) in [5, 5.41) is 13.9. The number of hydrogen-bond acceptors (Lipinski definition) is 4. The van der Waals surface area contributed by atoms with E-state index >= 15 is 0 Å². The fraction of sp³-hybridized carbons (Fsp3) is 0.385. The first-order valence-electron chi connectivity index (χ1n) is 11.4. The third-order valence-electron chi connectivity index (χ3n) is 5.63. The Hall–Kier alpha value is -2.96. The molecule has 3 aromatic rings. The van der Waals surface area contributed by atoms with Gasteiger partial charge in [-0.2, -0.15) is 0 Å². The van der Waals surface area contributed by atoms with Gasteiger partial charge < -0.3 is 10.4 Å². The molecule has 1 atom stereocenters. The molecule has 0 spiro atoms. The molecule has 0 saturated heterocycles. The van der Waals surface area contributed by atoms with Gasteiger partial charge in [-0.05, 0) is 44.0 Å². The van der Waals surface area contributed by atoms with E-state index in [-0.39, 0.29) is 29.9 Å². The summed E-state index contributed by atoms with van der Waals surface area (Å²) in [7, 11) is 0. The topological polar surface area (TPSA) is 76.3 Å². The molecule has 0 aliphatic carbocycles. The Morgan fingerprint density at radius 2 is 1.72 bits per heavy atom. The van der Waals surface area contributed by atoms with Crippen molar-refractivity contribution in [1.82, 2.24) is 14.7 Å². The molecule has 0 unspecified atom stereocenters. The number of aliphatic hydroxyl groups is 1. The van der Waals surface area contributed by atoms with Crippen LogP contribution in [-0.2, 0) is 13.0 Å². The predicted octanol–water partition coefficient (Wildman–Crippen LogP) is 3.51. The standard InChI is InChI=1S/C26H33N3O3/c1-3-4-17-27-18-23(30)19-28-20(2)25(24(31)16-15-21-11-7-5-8-12-21)26(32)29(28)22-13-9-6-10-14-22/h5-14,23,27,30H,3-4,15-19H2,1-2H3/t23-/m1/s1. The first kappa shape index (κ1) is 23.7. The molecule has 3 rings (SSSR count). The van der Waals surface area contributed by atoms with Crippen molar-refractivity contribution in [2.45, 2.75) is 52.2 Å². The van der Waals surface area contributed by atoms with Gasteiger partial charge in [0, 0.05) is 18.7 Å². The molecule has 0 aliphatic heterocycles. The summed E-state index contributed by atoms with van der Waals surface area (Å²) in [6.07, 6.45) is 2.30. The second-order valence-electron chi connectivity index (χ2n) is 8.12. The third-order valence-corrected chi connectivity index (χ3v) is 5.63. The van der Waals surface area contributed by atoms with E-state index in [1.54, 1.807) is 11.6 Å². The second-order valence-corrected chi connectivity index (χ2v) is 8.12. The van der Waals surface area contributed by atoms with Crippen LogP contribution < -0.4 is 10.9 Å². The molecule has 0 amide bonds. The number of hydrogen-bond donors (Lipinski definition) is 2. The molecule has 0 fully saturated rings. The fourth-order valence-electron chi connectivity index (χ4n) is 3.88. The van der Waals surface area contributed by atoms with Crippen molar-refractivity contribution in [1.29, 1.82) is 0 Å². The van der Waals surface area contributed by atoms with E-state index < -0.39 is 6.10 Å². The van der Waals surface area contributed by atoms with Gasteiger partial charge in [0.2, 0.25) is 0 Å². The van der Waals surface area contributed by atoms with E-state index in [4.69, 9.17) is 0 Å². The number of aryl methyl sites for hydroxylation is 1. The van der Waals surface area contributed by atoms with Crippen LogP contribution in [0.5, 0.6) is 0 Å². The minimum Gasteiger partial charge on any atom is -0.390 e. The Kier molecular flexibility index (Phi) is 8.59. The predicted molar refractivity (Wildman–Crippen MR) is 128 cm³/mol. The van der Waals surface area contributed by atoms with Crippen LogP contribution in [0.4, 0.5) is 0 Å². The highest BCUT2D eigenvalue weighted by Crippen LogP contribution is 2.15. The Morgan fingerprint density at radius 3 is 2.38 bits per heavy atom. The van der Waals surface area contributed by atoms with Gasteiger partial charge in [0.25, 0.3) is 5.56 Å². The number of aliphatic hydroxyl groups excluding tert-OH is 1. The number of ketones is 1. The van der Waals surface area contributed by atoms with Crippen molar-refractivity contribution < 1.29 is 9.90 Å². The first-order chi connectivity index (χ1) is 15.5. The molecular formula is C26H33N3O3. The van der Waals surface area contributed by atoms with Gasteiger partial charge in [-0.1, -0.05) is 61.9 Å². The summed E-state index contributed by atoms with van der Waals surface area (Å²) >= 11 is 0. The zero-order valence-corrected chi connectivity index (χ0v) is 19.0. The van der Waals surface area contributed by atoms with Crippen LogP contribution in [0.15, 0.2) is 65.5 Å². The van der Waals surface area contributed by atoms with Gasteiger partial charge in [0.1, 0.15) is 5.56 Å². The van der Waals surface area contributed by atoms with Crippen LogP contribution in [0.1, 0.15) is 47.8 Å². The normalized spacial score (nSPS) is 12.1. The van der Waals surface area contributed by atoms with Gasteiger partial charge in [-0.25, -0.2) is 4.68 Å². The lowest BCUT2D eigenvalue weighted by molar-refractivity contribution is 0.0980. The summed E-state index contributed by atoms with van der Waals surface area (Å²) < 4.78 is 3.25. The number of rotatable bonds is 12. The van der Waals surface area contributed by atoms with Gasteiger partial charge in [0.15, 0.2) is 5.78 Å². The molecule has 6 nitrogen and oxygen atoms in total. The van der Waals surface area contributed by atoms with Gasteiger partial charge >= 0.3 is 0 Å². The molecule has 2 N–H and O–H groups in total. The molecule has 0 bridgehead atoms. The Labute approximate surface area is 189 Å². The van der Waals surface area contributed by atoms with Crippen molar-refractivity contribution in [3.8, 4) is 5.69 Å². The zero-order valence-electron chi connectivity index (χ0n) is 19.0. The van der Waals surface area contributed by atoms with Gasteiger partial charge in [0.05, 0.1) is 18.3 Å². The van der Waals surface area contributed by atoms with Gasteiger partial charge in [-0.3, -0.25) is 14.3 Å². The van der Waals surface area contributed by atoms with Crippen LogP contribution in [0, 0.1) is 6.92 Å². The summed E-state index contributed by atoms with van der Waals surface area (Å²) in [5.74, 6) is -0.171. The molecule has 1 heterocycles. The molecule has 1 aromatic heterocycles. The summed E-state index contributed by atoms with van der Waals surface area (Å²) in [6, 6.07) is 19.1. The summed E-state index contributed by atoms with van der Waals surface area (Å²) in [5.41, 5.74) is 2.20. The first-order valence-corrected chi connectivity index (χ1v) is 11.4. The number of benzene rings is 2. The Bertz CT molecular complexity index is 1060. The number of carbonyl (C=O) groups is 1. The van der Waals surface area contributed by atoms with E-state index in [1.807, 2.05) is 60.7 Å². The maximum atomic E-state index is 13.4. The lowest BCUT2D eigenvalue weighted by Gasteiger charge is -2.18. The highest BCUT2D eigenvalue weighted by molar-refractivity contribution is 5.97. The number of nitrogens with one attached hydrogen (secondary N) is 1. The molecule has 0 radical (unpaired) electrons. The van der Waals surface area contributed by atoms with Crippen LogP contribution >= 0.6 is 0 Å². The number of Topliss-reactive ketones (excluding diaryl/α,β-unsaturated/α-hetero) is 1. The molecule has 0 aliphatic rings. The van der Waals surface area contributed by atoms with Crippen molar-refractivity contribution in [2.24, 2.45) is 0 Å². The van der Waals surface area contributed by atoms with E-state index in [9.17, 15) is 14.7 Å². The van der Waals surface area contributed by atoms with E-state index in [0.717, 1.165) is 24.9 Å². The smallest absolute Gasteiger partial charge is 0.282 e. The molecule has 6 heteroatoms. The second kappa shape index (κ2) is 11.6. The van der Waals surface area contributed by atoms with E-state index in [0.29, 0.717) is 24.3 Å². The summed E-state index contributed by atoms with van der Waals surface area (Å²) in [6.45, 7) is 5.40.